The normalized spacial score (nSPS) is 10.9. The number of benzene rings is 1. The molecule has 1 aromatic carbocycles. The van der Waals surface area contributed by atoms with E-state index in [1.54, 1.807) is 11.3 Å². The van der Waals surface area contributed by atoms with Gasteiger partial charge in [-0.25, -0.2) is 9.97 Å². The number of hydrogen-bond acceptors (Lipinski definition) is 4. The third-order valence-corrected chi connectivity index (χ3v) is 3.86. The van der Waals surface area contributed by atoms with Gasteiger partial charge < -0.3 is 5.73 Å². The quantitative estimate of drug-likeness (QED) is 0.732. The molecule has 0 saturated heterocycles. The second-order valence-electron chi connectivity index (χ2n) is 4.18. The molecule has 3 rings (SSSR count). The SMILES string of the molecule is Nc1ccc(CCc2nc3cccnc3s2)cc1. The van der Waals surface area contributed by atoms with Gasteiger partial charge in [0.05, 0.1) is 5.01 Å². The highest BCUT2D eigenvalue weighted by Crippen LogP contribution is 2.20. The Morgan fingerprint density at radius 1 is 1.06 bits per heavy atom. The summed E-state index contributed by atoms with van der Waals surface area (Å²) in [7, 11) is 0. The molecule has 0 amide bonds. The monoisotopic (exact) mass is 255 g/mol. The summed E-state index contributed by atoms with van der Waals surface area (Å²) >= 11 is 1.67. The summed E-state index contributed by atoms with van der Waals surface area (Å²) in [6.45, 7) is 0. The van der Waals surface area contributed by atoms with Crippen LogP contribution in [0.25, 0.3) is 10.3 Å². The van der Waals surface area contributed by atoms with Gasteiger partial charge in [0, 0.05) is 18.3 Å². The largest absolute Gasteiger partial charge is 0.399 e. The molecule has 0 radical (unpaired) electrons. The van der Waals surface area contributed by atoms with Gasteiger partial charge in [-0.2, -0.15) is 0 Å². The van der Waals surface area contributed by atoms with Gasteiger partial charge in [0.2, 0.25) is 0 Å². The zero-order valence-corrected chi connectivity index (χ0v) is 10.7. The van der Waals surface area contributed by atoms with Crippen molar-refractivity contribution >= 4 is 27.4 Å². The fourth-order valence-electron chi connectivity index (χ4n) is 1.86. The molecule has 0 aliphatic heterocycles. The van der Waals surface area contributed by atoms with Gasteiger partial charge in [0.25, 0.3) is 0 Å². The first-order valence-electron chi connectivity index (χ1n) is 5.86. The van der Waals surface area contributed by atoms with Crippen LogP contribution in [0.15, 0.2) is 42.6 Å². The van der Waals surface area contributed by atoms with E-state index in [-0.39, 0.29) is 0 Å². The van der Waals surface area contributed by atoms with Crippen LogP contribution >= 0.6 is 11.3 Å². The predicted octanol–water partition coefficient (Wildman–Crippen LogP) is 3.06. The van der Waals surface area contributed by atoms with Gasteiger partial charge in [-0.1, -0.05) is 23.5 Å². The molecule has 3 nitrogen and oxygen atoms in total. The van der Waals surface area contributed by atoms with Crippen LogP contribution < -0.4 is 5.73 Å². The average molecular weight is 255 g/mol. The van der Waals surface area contributed by atoms with Crippen LogP contribution in [0.2, 0.25) is 0 Å². The zero-order chi connectivity index (χ0) is 12.4. The molecular formula is C14H13N3S. The van der Waals surface area contributed by atoms with Crippen LogP contribution in [0, 0.1) is 0 Å². The van der Waals surface area contributed by atoms with Crippen molar-refractivity contribution in [3.05, 3.63) is 53.2 Å². The Morgan fingerprint density at radius 3 is 2.67 bits per heavy atom. The summed E-state index contributed by atoms with van der Waals surface area (Å²) < 4.78 is 0. The highest BCUT2D eigenvalue weighted by Gasteiger charge is 2.04. The summed E-state index contributed by atoms with van der Waals surface area (Å²) in [5.41, 5.74) is 8.76. The number of aryl methyl sites for hydroxylation is 2. The minimum atomic E-state index is 0.808. The van der Waals surface area contributed by atoms with Crippen molar-refractivity contribution in [1.82, 2.24) is 9.97 Å². The van der Waals surface area contributed by atoms with Crippen LogP contribution in [0.1, 0.15) is 10.6 Å². The highest BCUT2D eigenvalue weighted by molar-refractivity contribution is 7.18. The molecular weight excluding hydrogens is 242 g/mol. The third-order valence-electron chi connectivity index (χ3n) is 2.82. The van der Waals surface area contributed by atoms with E-state index in [4.69, 9.17) is 5.73 Å². The second-order valence-corrected chi connectivity index (χ2v) is 5.24. The number of hydrogen-bond donors (Lipinski definition) is 1. The minimum Gasteiger partial charge on any atom is -0.399 e. The lowest BCUT2D eigenvalue weighted by molar-refractivity contribution is 0.949. The van der Waals surface area contributed by atoms with E-state index in [1.807, 2.05) is 30.5 Å². The van der Waals surface area contributed by atoms with Crippen molar-refractivity contribution in [3.8, 4) is 0 Å². The van der Waals surface area contributed by atoms with E-state index < -0.39 is 0 Å². The molecule has 4 heteroatoms. The van der Waals surface area contributed by atoms with E-state index in [1.165, 1.54) is 5.56 Å². The van der Waals surface area contributed by atoms with Gasteiger partial charge >= 0.3 is 0 Å². The number of pyridine rings is 1. The summed E-state index contributed by atoms with van der Waals surface area (Å²) in [4.78, 5) is 9.90. The molecule has 0 fully saturated rings. The van der Waals surface area contributed by atoms with Crippen LogP contribution in [0.3, 0.4) is 0 Å². The average Bonchev–Trinajstić information content (AvgIpc) is 2.81. The number of thiazole rings is 1. The van der Waals surface area contributed by atoms with Gasteiger partial charge in [-0.05, 0) is 36.2 Å². The van der Waals surface area contributed by atoms with Crippen LogP contribution in [0.4, 0.5) is 5.69 Å². The zero-order valence-electron chi connectivity index (χ0n) is 9.84. The molecule has 0 saturated carbocycles. The fourth-order valence-corrected chi connectivity index (χ4v) is 2.76. The molecule has 90 valence electrons. The second kappa shape index (κ2) is 4.74. The Labute approximate surface area is 109 Å². The van der Waals surface area contributed by atoms with Crippen LogP contribution in [-0.4, -0.2) is 9.97 Å². The standard InChI is InChI=1S/C14H13N3S/c15-11-6-3-10(4-7-11)5-8-13-17-12-2-1-9-16-14(12)18-13/h1-4,6-7,9H,5,8,15H2. The summed E-state index contributed by atoms with van der Waals surface area (Å²) in [5, 5.41) is 1.14. The van der Waals surface area contributed by atoms with Crippen molar-refractivity contribution < 1.29 is 0 Å². The Bertz CT molecular complexity index is 625. The molecule has 0 bridgehead atoms. The molecule has 2 heterocycles. The Balaban J connectivity index is 1.74. The van der Waals surface area contributed by atoms with Crippen molar-refractivity contribution in [2.75, 3.05) is 5.73 Å². The molecule has 0 atom stereocenters. The van der Waals surface area contributed by atoms with E-state index in [0.717, 1.165) is 33.9 Å². The Hall–Kier alpha value is -1.94. The number of nitrogens with zero attached hydrogens (tertiary/aromatic N) is 2. The van der Waals surface area contributed by atoms with Gasteiger partial charge in [-0.15, -0.1) is 0 Å². The number of fused-ring (bicyclic) bond motifs is 1. The highest BCUT2D eigenvalue weighted by atomic mass is 32.1. The number of nitrogen functional groups attached to an aromatic ring is 1. The van der Waals surface area contributed by atoms with Gasteiger partial charge in [0.15, 0.2) is 0 Å². The smallest absolute Gasteiger partial charge is 0.143 e. The maximum absolute atomic E-state index is 5.67. The number of nitrogens with two attached hydrogens (primary N) is 1. The van der Waals surface area contributed by atoms with Gasteiger partial charge in [0.1, 0.15) is 10.3 Å². The van der Waals surface area contributed by atoms with E-state index in [9.17, 15) is 0 Å². The summed E-state index contributed by atoms with van der Waals surface area (Å²) in [5.74, 6) is 0. The Kier molecular flexibility index (Phi) is 2.94. The number of aromatic nitrogens is 2. The van der Waals surface area contributed by atoms with E-state index >= 15 is 0 Å². The van der Waals surface area contributed by atoms with Crippen molar-refractivity contribution in [3.63, 3.8) is 0 Å². The molecule has 0 unspecified atom stereocenters. The first-order chi connectivity index (χ1) is 8.81. The first kappa shape index (κ1) is 11.2. The molecule has 2 N–H and O–H groups in total. The van der Waals surface area contributed by atoms with Crippen molar-refractivity contribution in [2.45, 2.75) is 12.8 Å². The lowest BCUT2D eigenvalue weighted by Crippen LogP contribution is -1.91. The predicted molar refractivity (Wildman–Crippen MR) is 75.7 cm³/mol. The number of anilines is 1. The third kappa shape index (κ3) is 2.33. The Morgan fingerprint density at radius 2 is 1.89 bits per heavy atom. The van der Waals surface area contributed by atoms with Crippen molar-refractivity contribution in [1.29, 1.82) is 0 Å². The van der Waals surface area contributed by atoms with Crippen molar-refractivity contribution in [2.24, 2.45) is 0 Å². The van der Waals surface area contributed by atoms with E-state index in [2.05, 4.69) is 22.1 Å². The molecule has 0 spiro atoms. The molecule has 0 aliphatic carbocycles. The summed E-state index contributed by atoms with van der Waals surface area (Å²) in [6.07, 6.45) is 3.75. The molecule has 3 aromatic rings. The summed E-state index contributed by atoms with van der Waals surface area (Å²) in [6, 6.07) is 11.9. The molecule has 2 aromatic heterocycles. The van der Waals surface area contributed by atoms with E-state index in [0.29, 0.717) is 0 Å². The fraction of sp³-hybridized carbons (Fsp3) is 0.143. The number of rotatable bonds is 3. The minimum absolute atomic E-state index is 0.808. The lowest BCUT2D eigenvalue weighted by Gasteiger charge is -1.99. The first-order valence-corrected chi connectivity index (χ1v) is 6.68. The lowest BCUT2D eigenvalue weighted by atomic mass is 10.1. The molecule has 0 aliphatic rings. The molecule has 18 heavy (non-hydrogen) atoms. The maximum atomic E-state index is 5.67. The topological polar surface area (TPSA) is 51.8 Å². The van der Waals surface area contributed by atoms with Crippen LogP contribution in [0.5, 0.6) is 0 Å². The van der Waals surface area contributed by atoms with Gasteiger partial charge in [-0.3, -0.25) is 0 Å². The van der Waals surface area contributed by atoms with Crippen LogP contribution in [-0.2, 0) is 12.8 Å². The maximum Gasteiger partial charge on any atom is 0.143 e.